The van der Waals surface area contributed by atoms with Gasteiger partial charge in [-0.2, -0.15) is 0 Å². The topological polar surface area (TPSA) is 23.5 Å². The molecule has 94 valence electrons. The summed E-state index contributed by atoms with van der Waals surface area (Å²) in [4.78, 5) is 2.31. The van der Waals surface area contributed by atoms with Crippen LogP contribution >= 0.6 is 15.9 Å². The van der Waals surface area contributed by atoms with E-state index in [1.54, 1.807) is 12.1 Å². The van der Waals surface area contributed by atoms with Gasteiger partial charge in [0, 0.05) is 17.6 Å². The van der Waals surface area contributed by atoms with Crippen molar-refractivity contribution in [1.29, 1.82) is 0 Å². The second-order valence-corrected chi connectivity index (χ2v) is 5.49. The largest absolute Gasteiger partial charge is 0.396 e. The summed E-state index contributed by atoms with van der Waals surface area (Å²) in [6.45, 7) is 3.02. The highest BCUT2D eigenvalue weighted by Gasteiger charge is 2.19. The molecular weight excluding hydrogens is 285 g/mol. The smallest absolute Gasteiger partial charge is 0.123 e. The zero-order valence-corrected chi connectivity index (χ0v) is 11.3. The van der Waals surface area contributed by atoms with Gasteiger partial charge in [0.2, 0.25) is 0 Å². The Balaban J connectivity index is 1.95. The minimum absolute atomic E-state index is 0.187. The van der Waals surface area contributed by atoms with Crippen molar-refractivity contribution in [1.82, 2.24) is 4.90 Å². The van der Waals surface area contributed by atoms with Gasteiger partial charge in [0.25, 0.3) is 0 Å². The summed E-state index contributed by atoms with van der Waals surface area (Å²) < 4.78 is 14.1. The highest BCUT2D eigenvalue weighted by molar-refractivity contribution is 9.10. The van der Waals surface area contributed by atoms with E-state index in [0.717, 1.165) is 42.5 Å². The minimum atomic E-state index is -0.187. The fourth-order valence-corrected chi connectivity index (χ4v) is 2.60. The van der Waals surface area contributed by atoms with Crippen molar-refractivity contribution in [3.8, 4) is 0 Å². The van der Waals surface area contributed by atoms with Crippen LogP contribution in [0.3, 0.4) is 0 Å². The molecule has 0 aromatic heterocycles. The van der Waals surface area contributed by atoms with Gasteiger partial charge in [0.05, 0.1) is 0 Å². The molecule has 1 N–H and O–H groups in total. The van der Waals surface area contributed by atoms with Crippen molar-refractivity contribution in [3.63, 3.8) is 0 Å². The number of benzene rings is 1. The molecule has 0 aliphatic carbocycles. The molecule has 0 amide bonds. The van der Waals surface area contributed by atoms with E-state index in [1.807, 2.05) is 0 Å². The van der Waals surface area contributed by atoms with Gasteiger partial charge in [0.1, 0.15) is 5.82 Å². The van der Waals surface area contributed by atoms with Gasteiger partial charge < -0.3 is 5.11 Å². The fourth-order valence-electron chi connectivity index (χ4n) is 2.23. The number of halogens is 2. The fraction of sp³-hybridized carbons (Fsp3) is 0.538. The Bertz CT molecular complexity index is 378. The first-order valence-corrected chi connectivity index (χ1v) is 6.75. The molecule has 0 radical (unpaired) electrons. The number of hydrogen-bond donors (Lipinski definition) is 1. The van der Waals surface area contributed by atoms with Crippen molar-refractivity contribution >= 4 is 15.9 Å². The Morgan fingerprint density at radius 2 is 2.06 bits per heavy atom. The molecule has 17 heavy (non-hydrogen) atoms. The van der Waals surface area contributed by atoms with Gasteiger partial charge in [-0.15, -0.1) is 0 Å². The van der Waals surface area contributed by atoms with Gasteiger partial charge in [-0.05, 0) is 55.6 Å². The summed E-state index contributed by atoms with van der Waals surface area (Å²) in [6, 6.07) is 4.80. The molecule has 0 unspecified atom stereocenters. The van der Waals surface area contributed by atoms with Crippen LogP contribution in [0.15, 0.2) is 22.7 Å². The monoisotopic (exact) mass is 301 g/mol. The number of rotatable bonds is 3. The molecule has 1 aliphatic rings. The van der Waals surface area contributed by atoms with Gasteiger partial charge in [-0.3, -0.25) is 4.90 Å². The number of nitrogens with zero attached hydrogens (tertiary/aromatic N) is 1. The first kappa shape index (κ1) is 13.0. The first-order chi connectivity index (χ1) is 8.19. The lowest BCUT2D eigenvalue weighted by atomic mass is 9.97. The second-order valence-electron chi connectivity index (χ2n) is 4.64. The molecule has 1 fully saturated rings. The van der Waals surface area contributed by atoms with E-state index in [2.05, 4.69) is 20.8 Å². The predicted octanol–water partition coefficient (Wildman–Crippen LogP) is 2.79. The number of aliphatic hydroxyl groups excluding tert-OH is 1. The normalized spacial score (nSPS) is 18.5. The Hall–Kier alpha value is -0.450. The van der Waals surface area contributed by atoms with E-state index in [0.29, 0.717) is 5.92 Å². The van der Waals surface area contributed by atoms with Crippen LogP contribution in [-0.2, 0) is 6.54 Å². The lowest BCUT2D eigenvalue weighted by Gasteiger charge is -2.31. The maximum atomic E-state index is 13.1. The Morgan fingerprint density at radius 1 is 1.35 bits per heavy atom. The molecule has 2 rings (SSSR count). The minimum Gasteiger partial charge on any atom is -0.396 e. The van der Waals surface area contributed by atoms with E-state index < -0.39 is 0 Å². The number of likely N-dealkylation sites (tertiary alicyclic amines) is 1. The van der Waals surface area contributed by atoms with Gasteiger partial charge >= 0.3 is 0 Å². The molecule has 1 aromatic carbocycles. The third-order valence-electron chi connectivity index (χ3n) is 3.37. The average molecular weight is 302 g/mol. The Kier molecular flexibility index (Phi) is 4.54. The highest BCUT2D eigenvalue weighted by Crippen LogP contribution is 2.23. The maximum absolute atomic E-state index is 13.1. The second kappa shape index (κ2) is 5.94. The molecule has 1 saturated heterocycles. The number of hydrogen-bond acceptors (Lipinski definition) is 2. The van der Waals surface area contributed by atoms with Crippen LogP contribution in [0.5, 0.6) is 0 Å². The van der Waals surface area contributed by atoms with Crippen LogP contribution in [0.4, 0.5) is 4.39 Å². The highest BCUT2D eigenvalue weighted by atomic mass is 79.9. The van der Waals surface area contributed by atoms with E-state index in [-0.39, 0.29) is 12.4 Å². The SMILES string of the molecule is OCC1CCN(Cc2cc(F)ccc2Br)CC1. The number of aliphatic hydroxyl groups is 1. The summed E-state index contributed by atoms with van der Waals surface area (Å²) in [5.41, 5.74) is 0.993. The van der Waals surface area contributed by atoms with Crippen molar-refractivity contribution in [2.24, 2.45) is 5.92 Å². The van der Waals surface area contributed by atoms with Crippen molar-refractivity contribution < 1.29 is 9.50 Å². The Morgan fingerprint density at radius 3 is 2.71 bits per heavy atom. The lowest BCUT2D eigenvalue weighted by Crippen LogP contribution is -2.34. The molecule has 0 saturated carbocycles. The average Bonchev–Trinajstić information content (AvgIpc) is 2.35. The van der Waals surface area contributed by atoms with Gasteiger partial charge in [-0.1, -0.05) is 15.9 Å². The quantitative estimate of drug-likeness (QED) is 0.928. The third kappa shape index (κ3) is 3.50. The van der Waals surface area contributed by atoms with Gasteiger partial charge in [0.15, 0.2) is 0 Å². The molecule has 2 nitrogen and oxygen atoms in total. The van der Waals surface area contributed by atoms with Crippen molar-refractivity contribution in [3.05, 3.63) is 34.1 Å². The van der Waals surface area contributed by atoms with Gasteiger partial charge in [-0.25, -0.2) is 4.39 Å². The summed E-state index contributed by atoms with van der Waals surface area (Å²) in [6.07, 6.45) is 2.06. The van der Waals surface area contributed by atoms with Crippen LogP contribution in [0.1, 0.15) is 18.4 Å². The summed E-state index contributed by atoms with van der Waals surface area (Å²) in [5.74, 6) is 0.260. The summed E-state index contributed by atoms with van der Waals surface area (Å²) >= 11 is 3.45. The van der Waals surface area contributed by atoms with Crippen LogP contribution in [0.2, 0.25) is 0 Å². The van der Waals surface area contributed by atoms with Crippen LogP contribution in [0, 0.1) is 11.7 Å². The molecule has 0 spiro atoms. The molecule has 4 heteroatoms. The van der Waals surface area contributed by atoms with Crippen molar-refractivity contribution in [2.45, 2.75) is 19.4 Å². The Labute approximate surface area is 110 Å². The summed E-state index contributed by atoms with van der Waals surface area (Å²) in [7, 11) is 0. The zero-order chi connectivity index (χ0) is 12.3. The van der Waals surface area contributed by atoms with E-state index in [9.17, 15) is 4.39 Å². The molecular formula is C13H17BrFNO. The lowest BCUT2D eigenvalue weighted by molar-refractivity contribution is 0.127. The summed E-state index contributed by atoms with van der Waals surface area (Å²) in [5, 5.41) is 9.07. The molecule has 1 aliphatic heterocycles. The predicted molar refractivity (Wildman–Crippen MR) is 69.2 cm³/mol. The number of piperidine rings is 1. The van der Waals surface area contributed by atoms with Crippen molar-refractivity contribution in [2.75, 3.05) is 19.7 Å². The molecule has 0 atom stereocenters. The first-order valence-electron chi connectivity index (χ1n) is 5.96. The van der Waals surface area contributed by atoms with Crippen LogP contribution < -0.4 is 0 Å². The van der Waals surface area contributed by atoms with E-state index in [4.69, 9.17) is 5.11 Å². The molecule has 1 heterocycles. The standard InChI is InChI=1S/C13H17BrFNO/c14-13-2-1-12(15)7-11(13)8-16-5-3-10(9-17)4-6-16/h1-2,7,10,17H,3-6,8-9H2. The van der Waals surface area contributed by atoms with E-state index in [1.165, 1.54) is 6.07 Å². The third-order valence-corrected chi connectivity index (χ3v) is 4.14. The maximum Gasteiger partial charge on any atom is 0.123 e. The zero-order valence-electron chi connectivity index (χ0n) is 9.70. The van der Waals surface area contributed by atoms with Crippen LogP contribution in [0.25, 0.3) is 0 Å². The van der Waals surface area contributed by atoms with Crippen LogP contribution in [-0.4, -0.2) is 29.7 Å². The molecule has 0 bridgehead atoms. The molecule has 1 aromatic rings. The van der Waals surface area contributed by atoms with E-state index >= 15 is 0 Å².